The molecule has 2 aromatic rings. The Morgan fingerprint density at radius 3 is 2.63 bits per heavy atom. The summed E-state index contributed by atoms with van der Waals surface area (Å²) in [5.41, 5.74) is 0.0688. The van der Waals surface area contributed by atoms with Gasteiger partial charge in [0.1, 0.15) is 23.6 Å². The van der Waals surface area contributed by atoms with E-state index in [0.717, 1.165) is 12.8 Å². The first-order valence-corrected chi connectivity index (χ1v) is 10.2. The predicted molar refractivity (Wildman–Crippen MR) is 106 cm³/mol. The average molecular weight is 418 g/mol. The van der Waals surface area contributed by atoms with E-state index in [0.29, 0.717) is 51.7 Å². The van der Waals surface area contributed by atoms with Crippen LogP contribution in [0.15, 0.2) is 15.5 Å². The topological polar surface area (TPSA) is 107 Å². The Kier molecular flexibility index (Phi) is 5.87. The van der Waals surface area contributed by atoms with Gasteiger partial charge in [-0.05, 0) is 19.8 Å². The Hall–Kier alpha value is -2.72. The summed E-state index contributed by atoms with van der Waals surface area (Å²) in [6.45, 7) is 4.63. The van der Waals surface area contributed by atoms with Gasteiger partial charge in [0.25, 0.3) is 17.4 Å². The van der Waals surface area contributed by atoms with Crippen molar-refractivity contribution in [3.8, 4) is 0 Å². The van der Waals surface area contributed by atoms with Gasteiger partial charge in [-0.3, -0.25) is 19.0 Å². The van der Waals surface area contributed by atoms with Gasteiger partial charge < -0.3 is 23.7 Å². The maximum atomic E-state index is 13.2. The molecule has 10 nitrogen and oxygen atoms in total. The van der Waals surface area contributed by atoms with E-state index in [9.17, 15) is 14.4 Å². The van der Waals surface area contributed by atoms with E-state index in [1.54, 1.807) is 23.8 Å². The van der Waals surface area contributed by atoms with Crippen LogP contribution < -0.4 is 5.56 Å². The van der Waals surface area contributed by atoms with Crippen LogP contribution in [0.4, 0.5) is 0 Å². The summed E-state index contributed by atoms with van der Waals surface area (Å²) < 4.78 is 17.5. The molecule has 0 bridgehead atoms. The van der Waals surface area contributed by atoms with Crippen molar-refractivity contribution in [3.63, 3.8) is 0 Å². The lowest BCUT2D eigenvalue weighted by Crippen LogP contribution is -2.53. The first-order valence-electron chi connectivity index (χ1n) is 10.2. The Morgan fingerprint density at radius 1 is 1.23 bits per heavy atom. The largest absolute Gasteiger partial charge is 0.442 e. The third-order valence-electron chi connectivity index (χ3n) is 5.69. The number of hydrogen-bond acceptors (Lipinski definition) is 7. The maximum absolute atomic E-state index is 13.2. The molecular weight excluding hydrogens is 392 g/mol. The van der Waals surface area contributed by atoms with Crippen LogP contribution >= 0.6 is 0 Å². The quantitative estimate of drug-likeness (QED) is 0.692. The minimum absolute atomic E-state index is 0.00484. The van der Waals surface area contributed by atoms with Gasteiger partial charge in [0.15, 0.2) is 0 Å². The fourth-order valence-electron chi connectivity index (χ4n) is 4.01. The van der Waals surface area contributed by atoms with Crippen molar-refractivity contribution in [2.75, 3.05) is 46.5 Å². The molecule has 0 saturated carbocycles. The number of furan rings is 1. The summed E-state index contributed by atoms with van der Waals surface area (Å²) in [4.78, 5) is 46.3. The van der Waals surface area contributed by atoms with Gasteiger partial charge in [-0.15, -0.1) is 0 Å². The van der Waals surface area contributed by atoms with Crippen LogP contribution in [-0.2, 0) is 20.8 Å². The Bertz CT molecular complexity index is 999. The van der Waals surface area contributed by atoms with Crippen LogP contribution in [0.3, 0.4) is 0 Å². The summed E-state index contributed by atoms with van der Waals surface area (Å²) >= 11 is 0. The number of ether oxygens (including phenoxy) is 2. The Labute approximate surface area is 173 Å². The van der Waals surface area contributed by atoms with Gasteiger partial charge in [0.2, 0.25) is 5.71 Å². The van der Waals surface area contributed by atoms with Crippen LogP contribution in [0.25, 0.3) is 11.1 Å². The first kappa shape index (κ1) is 20.5. The van der Waals surface area contributed by atoms with Gasteiger partial charge in [0.05, 0.1) is 18.7 Å². The average Bonchev–Trinajstić information content (AvgIpc) is 3.40. The van der Waals surface area contributed by atoms with Crippen LogP contribution in [0.1, 0.15) is 29.0 Å². The number of carbonyl (C=O) groups is 2. The summed E-state index contributed by atoms with van der Waals surface area (Å²) in [5.74, 6) is 0.0792. The molecule has 2 aliphatic heterocycles. The molecule has 10 heteroatoms. The van der Waals surface area contributed by atoms with E-state index in [2.05, 4.69) is 4.98 Å². The van der Waals surface area contributed by atoms with Gasteiger partial charge in [0, 0.05) is 39.9 Å². The van der Waals surface area contributed by atoms with E-state index in [4.69, 9.17) is 13.9 Å². The number of aromatic nitrogens is 2. The van der Waals surface area contributed by atoms with Crippen molar-refractivity contribution >= 4 is 22.9 Å². The van der Waals surface area contributed by atoms with Gasteiger partial charge in [-0.2, -0.15) is 0 Å². The molecule has 1 unspecified atom stereocenters. The number of methoxy groups -OCH3 is 1. The maximum Gasteiger partial charge on any atom is 0.265 e. The fraction of sp³-hybridized carbons (Fsp3) is 0.600. The summed E-state index contributed by atoms with van der Waals surface area (Å²) in [6, 6.07) is 0. The summed E-state index contributed by atoms with van der Waals surface area (Å²) in [5, 5.41) is 0.189. The predicted octanol–water partition coefficient (Wildman–Crippen LogP) is 0.408. The van der Waals surface area contributed by atoms with Crippen molar-refractivity contribution in [2.45, 2.75) is 32.4 Å². The molecule has 0 spiro atoms. The van der Waals surface area contributed by atoms with Crippen molar-refractivity contribution in [1.82, 2.24) is 19.4 Å². The molecule has 2 aliphatic rings. The highest BCUT2D eigenvalue weighted by molar-refractivity contribution is 6.06. The summed E-state index contributed by atoms with van der Waals surface area (Å²) in [7, 11) is 1.55. The van der Waals surface area contributed by atoms with Crippen molar-refractivity contribution < 1.29 is 23.5 Å². The number of fused-ring (bicyclic) bond motifs is 1. The number of rotatable bonds is 5. The lowest BCUT2D eigenvalue weighted by atomic mass is 10.1. The van der Waals surface area contributed by atoms with Crippen molar-refractivity contribution in [3.05, 3.63) is 28.0 Å². The van der Waals surface area contributed by atoms with Gasteiger partial charge >= 0.3 is 0 Å². The fourth-order valence-corrected chi connectivity index (χ4v) is 4.01. The molecule has 0 aromatic carbocycles. The molecule has 2 fully saturated rings. The van der Waals surface area contributed by atoms with Crippen LogP contribution in [0, 0.1) is 6.92 Å². The second-order valence-corrected chi connectivity index (χ2v) is 7.57. The van der Waals surface area contributed by atoms with Crippen molar-refractivity contribution in [1.29, 1.82) is 0 Å². The van der Waals surface area contributed by atoms with Crippen LogP contribution in [0.2, 0.25) is 0 Å². The zero-order chi connectivity index (χ0) is 21.3. The minimum atomic E-state index is -0.357. The molecular formula is C20H26N4O6. The lowest BCUT2D eigenvalue weighted by Gasteiger charge is -2.35. The first-order chi connectivity index (χ1) is 14.5. The molecule has 2 saturated heterocycles. The SMILES string of the molecule is COCCn1cnc2oc(C)c(C(=O)N3CCN(C(=O)C4CCCO4)CC3)c2c1=O. The number of aryl methyl sites for hydroxylation is 1. The molecule has 0 N–H and O–H groups in total. The highest BCUT2D eigenvalue weighted by Crippen LogP contribution is 2.23. The number of hydrogen-bond donors (Lipinski definition) is 0. The molecule has 0 radical (unpaired) electrons. The highest BCUT2D eigenvalue weighted by atomic mass is 16.5. The molecule has 4 rings (SSSR count). The zero-order valence-corrected chi connectivity index (χ0v) is 17.3. The molecule has 30 heavy (non-hydrogen) atoms. The molecule has 162 valence electrons. The highest BCUT2D eigenvalue weighted by Gasteiger charge is 2.33. The number of nitrogens with zero attached hydrogens (tertiary/aromatic N) is 4. The normalized spacial score (nSPS) is 19.6. The van der Waals surface area contributed by atoms with E-state index < -0.39 is 0 Å². The third-order valence-corrected chi connectivity index (χ3v) is 5.69. The van der Waals surface area contributed by atoms with E-state index >= 15 is 0 Å². The Balaban J connectivity index is 1.53. The van der Waals surface area contributed by atoms with Gasteiger partial charge in [-0.25, -0.2) is 4.98 Å². The van der Waals surface area contributed by atoms with Gasteiger partial charge in [-0.1, -0.05) is 0 Å². The molecule has 4 heterocycles. The second-order valence-electron chi connectivity index (χ2n) is 7.57. The zero-order valence-electron chi connectivity index (χ0n) is 17.3. The Morgan fingerprint density at radius 2 is 1.97 bits per heavy atom. The number of carbonyl (C=O) groups excluding carboxylic acids is 2. The third kappa shape index (κ3) is 3.72. The molecule has 2 amide bonds. The lowest BCUT2D eigenvalue weighted by molar-refractivity contribution is -0.142. The summed E-state index contributed by atoms with van der Waals surface area (Å²) in [6.07, 6.45) is 2.69. The molecule has 0 aliphatic carbocycles. The number of piperazine rings is 1. The van der Waals surface area contributed by atoms with Crippen LogP contribution in [-0.4, -0.2) is 83.8 Å². The van der Waals surface area contributed by atoms with Crippen molar-refractivity contribution in [2.24, 2.45) is 0 Å². The second kappa shape index (κ2) is 8.57. The van der Waals surface area contributed by atoms with E-state index in [1.165, 1.54) is 10.9 Å². The monoisotopic (exact) mass is 418 g/mol. The minimum Gasteiger partial charge on any atom is -0.442 e. The van der Waals surface area contributed by atoms with E-state index in [1.807, 2.05) is 0 Å². The standard InChI is InChI=1S/C20H26N4O6/c1-13-15(16-17(30-13)21-12-24(20(16)27)9-11-28-2)19(26)23-7-5-22(6-8-23)18(25)14-4-3-10-29-14/h12,14H,3-11H2,1-2H3. The number of amides is 2. The molecule has 2 aromatic heterocycles. The molecule has 1 atom stereocenters. The smallest absolute Gasteiger partial charge is 0.265 e. The van der Waals surface area contributed by atoms with Crippen LogP contribution in [0.5, 0.6) is 0 Å². The van der Waals surface area contributed by atoms with E-state index in [-0.39, 0.29) is 40.1 Å².